The Morgan fingerprint density at radius 1 is 1.14 bits per heavy atom. The van der Waals surface area contributed by atoms with Gasteiger partial charge in [-0.05, 0) is 29.8 Å². The smallest absolute Gasteiger partial charge is 0.277 e. The second-order valence-corrected chi connectivity index (χ2v) is 5.98. The maximum atomic E-state index is 13.7. The fourth-order valence-electron chi connectivity index (χ4n) is 1.66. The van der Waals surface area contributed by atoms with Crippen LogP contribution in [0.5, 0.6) is 0 Å². The minimum atomic E-state index is -0.259. The van der Waals surface area contributed by atoms with Crippen molar-refractivity contribution in [3.05, 3.63) is 58.6 Å². The lowest BCUT2D eigenvalue weighted by Gasteiger charge is -2.01. The van der Waals surface area contributed by atoms with Crippen LogP contribution in [-0.2, 0) is 5.75 Å². The van der Waals surface area contributed by atoms with Crippen LogP contribution in [0.4, 0.5) is 4.39 Å². The van der Waals surface area contributed by atoms with E-state index in [9.17, 15) is 4.39 Å². The molecule has 0 unspecified atom stereocenters. The largest absolute Gasteiger partial charge is 0.411 e. The Morgan fingerprint density at radius 3 is 2.71 bits per heavy atom. The van der Waals surface area contributed by atoms with E-state index in [0.29, 0.717) is 26.9 Å². The van der Waals surface area contributed by atoms with Gasteiger partial charge in [-0.3, -0.25) is 4.98 Å². The van der Waals surface area contributed by atoms with E-state index < -0.39 is 0 Å². The molecule has 0 amide bonds. The van der Waals surface area contributed by atoms with Gasteiger partial charge in [-0.1, -0.05) is 33.8 Å². The van der Waals surface area contributed by atoms with Crippen LogP contribution in [-0.4, -0.2) is 15.2 Å². The van der Waals surface area contributed by atoms with Crippen molar-refractivity contribution in [3.8, 4) is 11.5 Å². The minimum absolute atomic E-state index is 0.259. The SMILES string of the molecule is Fc1cc(Br)ccc1CSc1nnc(-c2ccncc2)o1. The lowest BCUT2D eigenvalue weighted by Crippen LogP contribution is -1.87. The van der Waals surface area contributed by atoms with Gasteiger partial charge in [0, 0.05) is 28.2 Å². The van der Waals surface area contributed by atoms with Gasteiger partial charge in [0.25, 0.3) is 5.22 Å². The maximum absolute atomic E-state index is 13.7. The second-order valence-electron chi connectivity index (χ2n) is 4.13. The number of benzene rings is 1. The molecule has 3 rings (SSSR count). The third-order valence-corrected chi connectivity index (χ3v) is 4.06. The van der Waals surface area contributed by atoms with Gasteiger partial charge in [-0.25, -0.2) is 4.39 Å². The molecule has 0 spiro atoms. The molecule has 7 heteroatoms. The van der Waals surface area contributed by atoms with Gasteiger partial charge in [-0.15, -0.1) is 10.2 Å². The molecule has 2 heterocycles. The molecule has 0 saturated heterocycles. The Kier molecular flexibility index (Phi) is 4.31. The first-order valence-electron chi connectivity index (χ1n) is 6.03. The van der Waals surface area contributed by atoms with Crippen molar-refractivity contribution in [2.24, 2.45) is 0 Å². The number of thioether (sulfide) groups is 1. The van der Waals surface area contributed by atoms with Crippen LogP contribution in [0.1, 0.15) is 5.56 Å². The Hall–Kier alpha value is -1.73. The lowest BCUT2D eigenvalue weighted by molar-refractivity contribution is 0.465. The molecule has 0 N–H and O–H groups in total. The topological polar surface area (TPSA) is 51.8 Å². The molecular weight excluding hydrogens is 357 g/mol. The molecule has 0 atom stereocenters. The zero-order valence-corrected chi connectivity index (χ0v) is 13.1. The van der Waals surface area contributed by atoms with E-state index in [1.54, 1.807) is 36.7 Å². The van der Waals surface area contributed by atoms with Crippen molar-refractivity contribution < 1.29 is 8.81 Å². The summed E-state index contributed by atoms with van der Waals surface area (Å²) in [5, 5.41) is 8.32. The van der Waals surface area contributed by atoms with Crippen LogP contribution in [0.2, 0.25) is 0 Å². The number of rotatable bonds is 4. The molecule has 2 aromatic heterocycles. The second kappa shape index (κ2) is 6.36. The molecule has 1 aromatic carbocycles. The van der Waals surface area contributed by atoms with Crippen LogP contribution in [0, 0.1) is 5.82 Å². The monoisotopic (exact) mass is 365 g/mol. The van der Waals surface area contributed by atoms with E-state index in [-0.39, 0.29) is 5.82 Å². The summed E-state index contributed by atoms with van der Waals surface area (Å²) in [7, 11) is 0. The zero-order chi connectivity index (χ0) is 14.7. The van der Waals surface area contributed by atoms with Crippen molar-refractivity contribution in [1.82, 2.24) is 15.2 Å². The summed E-state index contributed by atoms with van der Waals surface area (Å²) in [6.07, 6.45) is 3.31. The fraction of sp³-hybridized carbons (Fsp3) is 0.0714. The molecule has 0 saturated carbocycles. The summed E-state index contributed by atoms with van der Waals surface area (Å²) >= 11 is 4.53. The van der Waals surface area contributed by atoms with E-state index in [4.69, 9.17) is 4.42 Å². The maximum Gasteiger partial charge on any atom is 0.277 e. The zero-order valence-electron chi connectivity index (χ0n) is 10.7. The lowest BCUT2D eigenvalue weighted by atomic mass is 10.2. The van der Waals surface area contributed by atoms with Gasteiger partial charge >= 0.3 is 0 Å². The van der Waals surface area contributed by atoms with E-state index in [1.807, 2.05) is 0 Å². The Labute approximate surface area is 132 Å². The van der Waals surface area contributed by atoms with E-state index >= 15 is 0 Å². The van der Waals surface area contributed by atoms with Crippen molar-refractivity contribution in [3.63, 3.8) is 0 Å². The summed E-state index contributed by atoms with van der Waals surface area (Å²) in [5.41, 5.74) is 1.39. The quantitative estimate of drug-likeness (QED) is 0.644. The van der Waals surface area contributed by atoms with Crippen LogP contribution in [0.3, 0.4) is 0 Å². The molecular formula is C14H9BrFN3OS. The first-order chi connectivity index (χ1) is 10.2. The average Bonchev–Trinajstić information content (AvgIpc) is 2.96. The molecule has 21 heavy (non-hydrogen) atoms. The molecule has 0 radical (unpaired) electrons. The summed E-state index contributed by atoms with van der Waals surface area (Å²) in [4.78, 5) is 3.93. The van der Waals surface area contributed by atoms with Gasteiger partial charge in [0.1, 0.15) is 5.82 Å². The van der Waals surface area contributed by atoms with Gasteiger partial charge in [0.2, 0.25) is 5.89 Å². The van der Waals surface area contributed by atoms with Crippen molar-refractivity contribution >= 4 is 27.7 Å². The van der Waals surface area contributed by atoms with Crippen LogP contribution in [0.15, 0.2) is 56.8 Å². The van der Waals surface area contributed by atoms with Gasteiger partial charge < -0.3 is 4.42 Å². The predicted molar refractivity (Wildman–Crippen MR) is 81.2 cm³/mol. The van der Waals surface area contributed by atoms with Crippen LogP contribution < -0.4 is 0 Å². The molecule has 0 fully saturated rings. The molecule has 0 bridgehead atoms. The molecule has 4 nitrogen and oxygen atoms in total. The average molecular weight is 366 g/mol. The van der Waals surface area contributed by atoms with Crippen LogP contribution in [0.25, 0.3) is 11.5 Å². The number of nitrogens with zero attached hydrogens (tertiary/aromatic N) is 3. The van der Waals surface area contributed by atoms with E-state index in [2.05, 4.69) is 31.1 Å². The highest BCUT2D eigenvalue weighted by Crippen LogP contribution is 2.27. The number of halogens is 2. The molecule has 106 valence electrons. The highest BCUT2D eigenvalue weighted by atomic mass is 79.9. The third-order valence-electron chi connectivity index (χ3n) is 2.70. The molecule has 3 aromatic rings. The number of pyridine rings is 1. The van der Waals surface area contributed by atoms with E-state index in [1.165, 1.54) is 17.8 Å². The minimum Gasteiger partial charge on any atom is -0.411 e. The summed E-state index contributed by atoms with van der Waals surface area (Å²) in [6, 6.07) is 8.54. The number of hydrogen-bond acceptors (Lipinski definition) is 5. The number of aromatic nitrogens is 3. The Balaban J connectivity index is 1.70. The van der Waals surface area contributed by atoms with Crippen molar-refractivity contribution in [1.29, 1.82) is 0 Å². The normalized spacial score (nSPS) is 10.8. The highest BCUT2D eigenvalue weighted by Gasteiger charge is 2.10. The van der Waals surface area contributed by atoms with Crippen molar-refractivity contribution in [2.45, 2.75) is 11.0 Å². The van der Waals surface area contributed by atoms with Gasteiger partial charge in [0.05, 0.1) is 0 Å². The van der Waals surface area contributed by atoms with Crippen molar-refractivity contribution in [2.75, 3.05) is 0 Å². The molecule has 0 aliphatic heterocycles. The summed E-state index contributed by atoms with van der Waals surface area (Å²) in [6.45, 7) is 0. The first-order valence-corrected chi connectivity index (χ1v) is 7.81. The Morgan fingerprint density at radius 2 is 1.95 bits per heavy atom. The van der Waals surface area contributed by atoms with Crippen LogP contribution >= 0.6 is 27.7 Å². The third kappa shape index (κ3) is 3.48. The number of hydrogen-bond donors (Lipinski definition) is 0. The first kappa shape index (κ1) is 14.2. The standard InChI is InChI=1S/C14H9BrFN3OS/c15-11-2-1-10(12(16)7-11)8-21-14-19-18-13(20-14)9-3-5-17-6-4-9/h1-7H,8H2. The van der Waals surface area contributed by atoms with Gasteiger partial charge in [-0.2, -0.15) is 0 Å². The molecule has 0 aliphatic carbocycles. The van der Waals surface area contributed by atoms with E-state index in [0.717, 1.165) is 5.56 Å². The fourth-order valence-corrected chi connectivity index (χ4v) is 2.74. The van der Waals surface area contributed by atoms with Gasteiger partial charge in [0.15, 0.2) is 0 Å². The Bertz CT molecular complexity index is 751. The molecule has 0 aliphatic rings. The predicted octanol–water partition coefficient (Wildman–Crippen LogP) is 4.33. The summed E-state index contributed by atoms with van der Waals surface area (Å²) in [5.74, 6) is 0.596. The highest BCUT2D eigenvalue weighted by molar-refractivity contribution is 9.10. The summed E-state index contributed by atoms with van der Waals surface area (Å²) < 4.78 is 20.0.